The van der Waals surface area contributed by atoms with E-state index >= 15 is 0 Å². The molecule has 2 nitrogen and oxygen atoms in total. The number of rotatable bonds is 3. The van der Waals surface area contributed by atoms with Crippen molar-refractivity contribution in [2.45, 2.75) is 18.9 Å². The van der Waals surface area contributed by atoms with E-state index in [-0.39, 0.29) is 0 Å². The third kappa shape index (κ3) is 2.24. The molecule has 0 aliphatic heterocycles. The van der Waals surface area contributed by atoms with E-state index in [4.69, 9.17) is 4.74 Å². The minimum atomic E-state index is 0.465. The lowest BCUT2D eigenvalue weighted by Gasteiger charge is -2.27. The summed E-state index contributed by atoms with van der Waals surface area (Å²) in [6, 6.07) is 8.64. The average molecular weight is 282 g/mol. The lowest BCUT2D eigenvalue weighted by molar-refractivity contribution is 0.414. The van der Waals surface area contributed by atoms with Crippen molar-refractivity contribution in [3.8, 4) is 5.75 Å². The summed E-state index contributed by atoms with van der Waals surface area (Å²) in [5.74, 6) is 0.905. The van der Waals surface area contributed by atoms with Crippen LogP contribution in [-0.4, -0.2) is 20.2 Å². The van der Waals surface area contributed by atoms with E-state index in [0.29, 0.717) is 6.04 Å². The highest BCUT2D eigenvalue weighted by Gasteiger charge is 2.21. The van der Waals surface area contributed by atoms with Crippen LogP contribution in [0.15, 0.2) is 34.8 Å². The molecule has 0 radical (unpaired) electrons. The van der Waals surface area contributed by atoms with E-state index in [1.807, 2.05) is 12.1 Å². The smallest absolute Gasteiger partial charge is 0.120 e. The first-order chi connectivity index (χ1) is 7.72. The third-order valence-electron chi connectivity index (χ3n) is 3.03. The molecular weight excluding hydrogens is 266 g/mol. The maximum Gasteiger partial charge on any atom is 0.120 e. The van der Waals surface area contributed by atoms with Gasteiger partial charge in [0.15, 0.2) is 0 Å². The fourth-order valence-corrected chi connectivity index (χ4v) is 2.81. The van der Waals surface area contributed by atoms with Gasteiger partial charge >= 0.3 is 0 Å². The molecule has 1 aliphatic carbocycles. The second-order valence-corrected chi connectivity index (χ2v) is 4.91. The molecule has 0 aromatic heterocycles. The SMILES string of the molecule is COc1cccc(N(C)C2CCC=C2Br)c1. The Morgan fingerprint density at radius 3 is 2.88 bits per heavy atom. The summed E-state index contributed by atoms with van der Waals surface area (Å²) in [5.41, 5.74) is 1.19. The topological polar surface area (TPSA) is 12.5 Å². The van der Waals surface area contributed by atoms with Crippen LogP contribution in [-0.2, 0) is 0 Å². The zero-order chi connectivity index (χ0) is 11.5. The molecule has 2 rings (SSSR count). The van der Waals surface area contributed by atoms with Crippen molar-refractivity contribution >= 4 is 21.6 Å². The van der Waals surface area contributed by atoms with Crippen LogP contribution in [0.4, 0.5) is 5.69 Å². The fraction of sp³-hybridized carbons (Fsp3) is 0.385. The second kappa shape index (κ2) is 4.91. The van der Waals surface area contributed by atoms with Gasteiger partial charge in [-0.1, -0.05) is 28.1 Å². The minimum Gasteiger partial charge on any atom is -0.497 e. The number of allylic oxidation sites excluding steroid dienone is 1. The highest BCUT2D eigenvalue weighted by atomic mass is 79.9. The summed E-state index contributed by atoms with van der Waals surface area (Å²) in [6.07, 6.45) is 4.58. The zero-order valence-electron chi connectivity index (χ0n) is 9.61. The molecule has 1 aromatic carbocycles. The summed E-state index contributed by atoms with van der Waals surface area (Å²) in [7, 11) is 3.82. The second-order valence-electron chi connectivity index (χ2n) is 3.99. The Hall–Kier alpha value is -0.960. The Bertz CT molecular complexity index is 403. The first-order valence-electron chi connectivity index (χ1n) is 5.45. The Labute approximate surface area is 105 Å². The van der Waals surface area contributed by atoms with Gasteiger partial charge in [0.05, 0.1) is 13.2 Å². The molecule has 0 spiro atoms. The Morgan fingerprint density at radius 1 is 1.44 bits per heavy atom. The molecule has 0 fully saturated rings. The number of ether oxygens (including phenoxy) is 1. The zero-order valence-corrected chi connectivity index (χ0v) is 11.2. The van der Waals surface area contributed by atoms with Crippen LogP contribution < -0.4 is 9.64 Å². The van der Waals surface area contributed by atoms with Crippen LogP contribution >= 0.6 is 15.9 Å². The van der Waals surface area contributed by atoms with Crippen molar-refractivity contribution in [1.29, 1.82) is 0 Å². The van der Waals surface area contributed by atoms with Crippen LogP contribution in [0.25, 0.3) is 0 Å². The predicted octanol–water partition coefficient (Wildman–Crippen LogP) is 3.57. The monoisotopic (exact) mass is 281 g/mol. The third-order valence-corrected chi connectivity index (χ3v) is 3.88. The van der Waals surface area contributed by atoms with Crippen molar-refractivity contribution in [3.63, 3.8) is 0 Å². The molecule has 0 heterocycles. The number of halogens is 1. The van der Waals surface area contributed by atoms with Crippen molar-refractivity contribution in [3.05, 3.63) is 34.8 Å². The van der Waals surface area contributed by atoms with Gasteiger partial charge in [0, 0.05) is 23.3 Å². The van der Waals surface area contributed by atoms with Crippen LogP contribution in [0.5, 0.6) is 5.75 Å². The van der Waals surface area contributed by atoms with Crippen LogP contribution in [0.2, 0.25) is 0 Å². The predicted molar refractivity (Wildman–Crippen MR) is 71.4 cm³/mol. The van der Waals surface area contributed by atoms with Gasteiger partial charge in [-0.2, -0.15) is 0 Å². The average Bonchev–Trinajstić information content (AvgIpc) is 2.74. The molecule has 0 saturated heterocycles. The molecule has 16 heavy (non-hydrogen) atoms. The number of likely N-dealkylation sites (N-methyl/N-ethyl adjacent to an activating group) is 1. The van der Waals surface area contributed by atoms with E-state index < -0.39 is 0 Å². The number of benzene rings is 1. The summed E-state index contributed by atoms with van der Waals surface area (Å²) in [4.78, 5) is 2.29. The van der Waals surface area contributed by atoms with E-state index in [1.54, 1.807) is 7.11 Å². The largest absolute Gasteiger partial charge is 0.497 e. The van der Waals surface area contributed by atoms with Gasteiger partial charge in [-0.05, 0) is 25.0 Å². The lowest BCUT2D eigenvalue weighted by Crippen LogP contribution is -2.29. The van der Waals surface area contributed by atoms with E-state index in [2.05, 4.69) is 46.1 Å². The molecule has 3 heteroatoms. The molecule has 0 N–H and O–H groups in total. The molecule has 86 valence electrons. The van der Waals surface area contributed by atoms with E-state index in [0.717, 1.165) is 12.2 Å². The molecule has 0 bridgehead atoms. The summed E-state index contributed by atoms with van der Waals surface area (Å²) in [6.45, 7) is 0. The number of methoxy groups -OCH3 is 1. The molecule has 1 aromatic rings. The van der Waals surface area contributed by atoms with Crippen molar-refractivity contribution in [2.75, 3.05) is 19.1 Å². The number of nitrogens with zero attached hydrogens (tertiary/aromatic N) is 1. The molecular formula is C13H16BrNO. The van der Waals surface area contributed by atoms with Gasteiger partial charge in [-0.15, -0.1) is 0 Å². The quantitative estimate of drug-likeness (QED) is 0.840. The van der Waals surface area contributed by atoms with Gasteiger partial charge in [-0.25, -0.2) is 0 Å². The Morgan fingerprint density at radius 2 is 2.25 bits per heavy atom. The van der Waals surface area contributed by atoms with Crippen LogP contribution in [0.1, 0.15) is 12.8 Å². The van der Waals surface area contributed by atoms with Crippen molar-refractivity contribution in [1.82, 2.24) is 0 Å². The minimum absolute atomic E-state index is 0.465. The molecule has 1 unspecified atom stereocenters. The lowest BCUT2D eigenvalue weighted by atomic mass is 10.2. The van der Waals surface area contributed by atoms with E-state index in [9.17, 15) is 0 Å². The molecule has 0 saturated carbocycles. The standard InChI is InChI=1S/C13H16BrNO/c1-15(13-8-4-7-12(13)14)10-5-3-6-11(9-10)16-2/h3,5-7,9,13H,4,8H2,1-2H3. The number of hydrogen-bond acceptors (Lipinski definition) is 2. The van der Waals surface area contributed by atoms with Crippen LogP contribution in [0.3, 0.4) is 0 Å². The van der Waals surface area contributed by atoms with Gasteiger partial charge < -0.3 is 9.64 Å². The van der Waals surface area contributed by atoms with Crippen molar-refractivity contribution < 1.29 is 4.74 Å². The first-order valence-corrected chi connectivity index (χ1v) is 6.24. The number of anilines is 1. The van der Waals surface area contributed by atoms with Gasteiger partial charge in [0.1, 0.15) is 5.75 Å². The number of hydrogen-bond donors (Lipinski definition) is 0. The van der Waals surface area contributed by atoms with Gasteiger partial charge in [0.2, 0.25) is 0 Å². The first kappa shape index (κ1) is 11.5. The maximum atomic E-state index is 5.24. The highest BCUT2D eigenvalue weighted by Crippen LogP contribution is 2.32. The molecule has 1 aliphatic rings. The summed E-state index contributed by atoms with van der Waals surface area (Å²) in [5, 5.41) is 0. The summed E-state index contributed by atoms with van der Waals surface area (Å²) < 4.78 is 6.53. The van der Waals surface area contributed by atoms with Gasteiger partial charge in [-0.3, -0.25) is 0 Å². The van der Waals surface area contributed by atoms with Crippen molar-refractivity contribution in [2.24, 2.45) is 0 Å². The Balaban J connectivity index is 2.20. The van der Waals surface area contributed by atoms with E-state index in [1.165, 1.54) is 16.6 Å². The summed E-state index contributed by atoms with van der Waals surface area (Å²) >= 11 is 3.63. The highest BCUT2D eigenvalue weighted by molar-refractivity contribution is 9.11. The maximum absolute atomic E-state index is 5.24. The molecule has 0 amide bonds. The van der Waals surface area contributed by atoms with Gasteiger partial charge in [0.25, 0.3) is 0 Å². The fourth-order valence-electron chi connectivity index (χ4n) is 2.04. The Kier molecular flexibility index (Phi) is 3.54. The molecule has 1 atom stereocenters. The van der Waals surface area contributed by atoms with Crippen LogP contribution in [0, 0.1) is 0 Å². The normalized spacial score (nSPS) is 19.4.